The number of para-hydroxylation sites is 1. The number of hydrogen-bond acceptors (Lipinski definition) is 6. The van der Waals surface area contributed by atoms with Gasteiger partial charge in [-0.25, -0.2) is 14.4 Å². The molecule has 2 heterocycles. The van der Waals surface area contributed by atoms with Gasteiger partial charge in [-0.05, 0) is 31.6 Å². The molecule has 1 aliphatic heterocycles. The Morgan fingerprint density at radius 3 is 2.69 bits per heavy atom. The molecule has 1 aliphatic rings. The van der Waals surface area contributed by atoms with Gasteiger partial charge in [-0.15, -0.1) is 0 Å². The molecule has 1 unspecified atom stereocenters. The lowest BCUT2D eigenvalue weighted by Gasteiger charge is -2.22. The Morgan fingerprint density at radius 1 is 1.16 bits per heavy atom. The van der Waals surface area contributed by atoms with Crippen LogP contribution in [-0.4, -0.2) is 28.8 Å². The first kappa shape index (κ1) is 24.2. The Morgan fingerprint density at radius 2 is 1.94 bits per heavy atom. The molecule has 3 rings (SSSR count). The number of rotatable bonds is 12. The molecule has 0 spiro atoms. The zero-order chi connectivity index (χ0) is 23.0. The zero-order valence-corrected chi connectivity index (χ0v) is 19.3. The fourth-order valence-electron chi connectivity index (χ4n) is 3.18. The molecule has 0 saturated carbocycles. The van der Waals surface area contributed by atoms with Crippen LogP contribution in [-0.2, 0) is 13.8 Å². The highest BCUT2D eigenvalue weighted by Gasteiger charge is 2.30. The summed E-state index contributed by atoms with van der Waals surface area (Å²) in [7, 11) is -3.64. The molecular formula is C22H30N3O6P. The first-order valence-corrected chi connectivity index (χ1v) is 12.3. The van der Waals surface area contributed by atoms with Gasteiger partial charge in [-0.1, -0.05) is 50.5 Å². The van der Waals surface area contributed by atoms with Crippen LogP contribution in [0.1, 0.15) is 44.4 Å². The molecule has 3 atom stereocenters. The van der Waals surface area contributed by atoms with Crippen molar-refractivity contribution in [3.05, 3.63) is 75.1 Å². The predicted octanol–water partition coefficient (Wildman–Crippen LogP) is 3.67. The van der Waals surface area contributed by atoms with Crippen molar-refractivity contribution in [1.29, 1.82) is 0 Å². The number of nitrogens with zero attached hydrogens (tertiary/aromatic N) is 1. The van der Waals surface area contributed by atoms with E-state index in [9.17, 15) is 14.2 Å². The Labute approximate surface area is 187 Å². The highest BCUT2D eigenvalue weighted by atomic mass is 31.2. The van der Waals surface area contributed by atoms with Crippen LogP contribution in [0.25, 0.3) is 0 Å². The van der Waals surface area contributed by atoms with Gasteiger partial charge in [-0.3, -0.25) is 18.9 Å². The molecule has 10 heteroatoms. The molecule has 2 N–H and O–H groups in total. The highest BCUT2D eigenvalue weighted by molar-refractivity contribution is 7.52. The number of benzene rings is 1. The second-order valence-corrected chi connectivity index (χ2v) is 9.35. The van der Waals surface area contributed by atoms with E-state index in [2.05, 4.69) is 17.0 Å². The summed E-state index contributed by atoms with van der Waals surface area (Å²) in [6, 6.07) is 8.84. The molecule has 0 saturated heterocycles. The summed E-state index contributed by atoms with van der Waals surface area (Å²) in [5.41, 5.74) is -0.602. The topological polar surface area (TPSA) is 112 Å². The highest BCUT2D eigenvalue weighted by Crippen LogP contribution is 2.44. The number of H-pyrrole nitrogens is 1. The van der Waals surface area contributed by atoms with Crippen LogP contribution in [0, 0.1) is 6.92 Å². The summed E-state index contributed by atoms with van der Waals surface area (Å²) < 4.78 is 31.8. The average molecular weight is 463 g/mol. The van der Waals surface area contributed by atoms with E-state index in [-0.39, 0.29) is 6.61 Å². The van der Waals surface area contributed by atoms with Gasteiger partial charge >= 0.3 is 13.4 Å². The Hall–Kier alpha value is -2.45. The van der Waals surface area contributed by atoms with E-state index in [0.29, 0.717) is 17.9 Å². The van der Waals surface area contributed by atoms with Gasteiger partial charge < -0.3 is 9.26 Å². The van der Waals surface area contributed by atoms with E-state index in [4.69, 9.17) is 13.8 Å². The van der Waals surface area contributed by atoms with Crippen molar-refractivity contribution >= 4 is 7.75 Å². The van der Waals surface area contributed by atoms with E-state index >= 15 is 0 Å². The number of unbranched alkanes of at least 4 members (excludes halogenated alkanes) is 3. The van der Waals surface area contributed by atoms with Gasteiger partial charge in [0.05, 0.1) is 6.61 Å². The van der Waals surface area contributed by atoms with Crippen LogP contribution in [0.5, 0.6) is 5.75 Å². The third-order valence-corrected chi connectivity index (χ3v) is 6.49. The van der Waals surface area contributed by atoms with E-state index in [0.717, 1.165) is 25.7 Å². The van der Waals surface area contributed by atoms with E-state index in [1.165, 1.54) is 10.8 Å². The normalized spacial score (nSPS) is 19.7. The van der Waals surface area contributed by atoms with Gasteiger partial charge in [0.2, 0.25) is 0 Å². The lowest BCUT2D eigenvalue weighted by Crippen LogP contribution is -2.33. The Bertz CT molecular complexity index is 1070. The summed E-state index contributed by atoms with van der Waals surface area (Å²) in [6.07, 6.45) is 7.74. The van der Waals surface area contributed by atoms with Crippen LogP contribution in [0.4, 0.5) is 0 Å². The molecule has 174 valence electrons. The summed E-state index contributed by atoms with van der Waals surface area (Å²) in [6.45, 7) is 4.21. The van der Waals surface area contributed by atoms with Gasteiger partial charge in [0.1, 0.15) is 11.9 Å². The van der Waals surface area contributed by atoms with Crippen molar-refractivity contribution < 1.29 is 18.3 Å². The second kappa shape index (κ2) is 11.4. The molecule has 0 fully saturated rings. The minimum atomic E-state index is -3.64. The van der Waals surface area contributed by atoms with E-state index in [1.807, 2.05) is 6.07 Å². The number of aryl methyl sites for hydroxylation is 1. The van der Waals surface area contributed by atoms with Crippen LogP contribution in [0.3, 0.4) is 0 Å². The summed E-state index contributed by atoms with van der Waals surface area (Å²) in [5, 5.41) is 2.93. The quantitative estimate of drug-likeness (QED) is 0.281. The monoisotopic (exact) mass is 463 g/mol. The largest absolute Gasteiger partial charge is 0.458 e. The third kappa shape index (κ3) is 6.77. The first-order valence-electron chi connectivity index (χ1n) is 10.8. The van der Waals surface area contributed by atoms with E-state index < -0.39 is 31.3 Å². The van der Waals surface area contributed by atoms with Gasteiger partial charge in [0, 0.05) is 18.3 Å². The minimum Gasteiger partial charge on any atom is -0.413 e. The molecule has 32 heavy (non-hydrogen) atoms. The van der Waals surface area contributed by atoms with Crippen molar-refractivity contribution in [2.45, 2.75) is 51.9 Å². The maximum Gasteiger partial charge on any atom is 0.458 e. The number of nitrogens with one attached hydrogen (secondary N) is 2. The van der Waals surface area contributed by atoms with Gasteiger partial charge in [0.25, 0.3) is 5.56 Å². The number of aromatic amines is 1. The first-order chi connectivity index (χ1) is 15.4. The second-order valence-electron chi connectivity index (χ2n) is 7.60. The lowest BCUT2D eigenvalue weighted by molar-refractivity contribution is -0.00733. The molecular weight excluding hydrogens is 433 g/mol. The van der Waals surface area contributed by atoms with Crippen molar-refractivity contribution in [2.24, 2.45) is 0 Å². The third-order valence-electron chi connectivity index (χ3n) is 4.94. The summed E-state index contributed by atoms with van der Waals surface area (Å²) in [4.78, 5) is 25.9. The zero-order valence-electron chi connectivity index (χ0n) is 18.4. The Kier molecular flexibility index (Phi) is 8.64. The van der Waals surface area contributed by atoms with Gasteiger partial charge in [-0.2, -0.15) is 0 Å². The molecule has 0 radical (unpaired) electrons. The number of aromatic nitrogens is 2. The average Bonchev–Trinajstić information content (AvgIpc) is 3.24. The maximum atomic E-state index is 13.3. The number of ether oxygens (including phenoxy) is 1. The van der Waals surface area contributed by atoms with E-state index in [1.54, 1.807) is 43.3 Å². The lowest BCUT2D eigenvalue weighted by atomic mass is 10.2. The molecule has 9 nitrogen and oxygen atoms in total. The van der Waals surface area contributed by atoms with Crippen molar-refractivity contribution in [2.75, 3.05) is 13.2 Å². The molecule has 0 amide bonds. The Balaban J connectivity index is 1.61. The summed E-state index contributed by atoms with van der Waals surface area (Å²) in [5.74, 6) is 0.438. The predicted molar refractivity (Wildman–Crippen MR) is 122 cm³/mol. The molecule has 1 aromatic heterocycles. The minimum absolute atomic E-state index is 0.0316. The SMILES string of the molecule is CCCCCCNP(=O)(OC[C@@H]1C=C[C@H](n2cc(C)c(=O)[nH]c2=O)O1)Oc1ccccc1. The molecule has 0 aliphatic carbocycles. The van der Waals surface area contributed by atoms with Crippen LogP contribution in [0.15, 0.2) is 58.3 Å². The van der Waals surface area contributed by atoms with Crippen LogP contribution in [0.2, 0.25) is 0 Å². The van der Waals surface area contributed by atoms with Crippen molar-refractivity contribution in [3.8, 4) is 5.75 Å². The van der Waals surface area contributed by atoms with Crippen molar-refractivity contribution in [3.63, 3.8) is 0 Å². The number of hydrogen-bond donors (Lipinski definition) is 2. The molecule has 1 aromatic carbocycles. The molecule has 0 bridgehead atoms. The fourth-order valence-corrected chi connectivity index (χ4v) is 4.56. The fraction of sp³-hybridized carbons (Fsp3) is 0.455. The molecule has 2 aromatic rings. The van der Waals surface area contributed by atoms with Crippen LogP contribution >= 0.6 is 7.75 Å². The van der Waals surface area contributed by atoms with Crippen molar-refractivity contribution in [1.82, 2.24) is 14.6 Å². The maximum absolute atomic E-state index is 13.3. The smallest absolute Gasteiger partial charge is 0.413 e. The summed E-state index contributed by atoms with van der Waals surface area (Å²) >= 11 is 0. The van der Waals surface area contributed by atoms with Crippen LogP contribution < -0.4 is 20.9 Å². The standard InChI is InChI=1S/C22H30N3O6P/c1-3-4-5-9-14-23-32(28,31-18-10-7-6-8-11-18)29-16-19-12-13-20(30-19)25-15-17(2)21(26)24-22(25)27/h6-8,10-13,15,19-20H,3-5,9,14,16H2,1-2H3,(H,23,28)(H,24,26,27)/t19-,20+,32?/m0/s1. The van der Waals surface area contributed by atoms with Gasteiger partial charge in [0.15, 0.2) is 6.23 Å².